The second-order valence-corrected chi connectivity index (χ2v) is 3.48. The van der Waals surface area contributed by atoms with Crippen LogP contribution in [-0.2, 0) is 11.3 Å². The molecule has 0 aliphatic carbocycles. The fourth-order valence-corrected chi connectivity index (χ4v) is 1.31. The Kier molecular flexibility index (Phi) is 4.98. The predicted molar refractivity (Wildman–Crippen MR) is 62.0 cm³/mol. The molecule has 0 spiro atoms. The molecule has 0 aromatic heterocycles. The summed E-state index contributed by atoms with van der Waals surface area (Å²) in [6.07, 6.45) is 2.26. The summed E-state index contributed by atoms with van der Waals surface area (Å²) < 4.78 is 10.6. The molecule has 3 nitrogen and oxygen atoms in total. The lowest BCUT2D eigenvalue weighted by Gasteiger charge is -2.07. The van der Waals surface area contributed by atoms with Crippen LogP contribution in [0.3, 0.4) is 0 Å². The number of nitrogens with two attached hydrogens (primary N) is 1. The van der Waals surface area contributed by atoms with E-state index < -0.39 is 0 Å². The van der Waals surface area contributed by atoms with E-state index in [1.54, 1.807) is 7.11 Å². The molecule has 0 fully saturated rings. The van der Waals surface area contributed by atoms with Crippen molar-refractivity contribution < 1.29 is 9.47 Å². The van der Waals surface area contributed by atoms with Crippen LogP contribution in [0.2, 0.25) is 0 Å². The molecule has 0 radical (unpaired) electrons. The number of rotatable bonds is 6. The van der Waals surface area contributed by atoms with Gasteiger partial charge in [-0.15, -0.1) is 0 Å². The minimum atomic E-state index is 0.619. The third-order valence-electron chi connectivity index (χ3n) is 2.21. The third-order valence-corrected chi connectivity index (χ3v) is 2.21. The average molecular weight is 209 g/mol. The molecule has 0 heterocycles. The molecule has 0 amide bonds. The van der Waals surface area contributed by atoms with E-state index in [-0.39, 0.29) is 0 Å². The fraction of sp³-hybridized carbons (Fsp3) is 0.500. The molecular weight excluding hydrogens is 190 g/mol. The van der Waals surface area contributed by atoms with E-state index in [0.29, 0.717) is 18.0 Å². The summed E-state index contributed by atoms with van der Waals surface area (Å²) in [4.78, 5) is 0. The molecular formula is C12H19NO2. The minimum Gasteiger partial charge on any atom is -0.495 e. The van der Waals surface area contributed by atoms with Gasteiger partial charge in [-0.2, -0.15) is 0 Å². The quantitative estimate of drug-likeness (QED) is 0.578. The molecule has 0 atom stereocenters. The Morgan fingerprint density at radius 2 is 2.13 bits per heavy atom. The highest BCUT2D eigenvalue weighted by atomic mass is 16.5. The van der Waals surface area contributed by atoms with Gasteiger partial charge in [0.2, 0.25) is 0 Å². The number of methoxy groups -OCH3 is 1. The molecule has 0 saturated heterocycles. The van der Waals surface area contributed by atoms with Gasteiger partial charge in [-0.3, -0.25) is 0 Å². The number of hydrogen-bond acceptors (Lipinski definition) is 3. The first-order chi connectivity index (χ1) is 7.27. The van der Waals surface area contributed by atoms with Crippen LogP contribution >= 0.6 is 0 Å². The zero-order chi connectivity index (χ0) is 11.1. The Bertz CT molecular complexity index is 300. The van der Waals surface area contributed by atoms with Crippen molar-refractivity contribution in [2.45, 2.75) is 26.4 Å². The maximum atomic E-state index is 5.78. The molecule has 84 valence electrons. The Labute approximate surface area is 91.2 Å². The molecule has 0 aliphatic heterocycles. The first-order valence-corrected chi connectivity index (χ1v) is 5.28. The van der Waals surface area contributed by atoms with E-state index in [2.05, 4.69) is 6.92 Å². The van der Waals surface area contributed by atoms with Gasteiger partial charge in [0.15, 0.2) is 0 Å². The van der Waals surface area contributed by atoms with Crippen LogP contribution < -0.4 is 10.5 Å². The smallest absolute Gasteiger partial charge is 0.141 e. The first kappa shape index (κ1) is 11.9. The van der Waals surface area contributed by atoms with Crippen molar-refractivity contribution in [1.82, 2.24) is 0 Å². The summed E-state index contributed by atoms with van der Waals surface area (Å²) in [5.74, 6) is 0.715. The van der Waals surface area contributed by atoms with E-state index in [4.69, 9.17) is 15.2 Å². The van der Waals surface area contributed by atoms with Crippen molar-refractivity contribution >= 4 is 5.69 Å². The highest BCUT2D eigenvalue weighted by Crippen LogP contribution is 2.22. The van der Waals surface area contributed by atoms with Gasteiger partial charge in [0.25, 0.3) is 0 Å². The standard InChI is InChI=1S/C12H19NO2/c1-3-4-7-15-9-10-5-6-12(14-2)11(13)8-10/h5-6,8H,3-4,7,9,13H2,1-2H3. The second-order valence-electron chi connectivity index (χ2n) is 3.48. The summed E-state index contributed by atoms with van der Waals surface area (Å²) in [6, 6.07) is 5.74. The minimum absolute atomic E-state index is 0.619. The lowest BCUT2D eigenvalue weighted by Crippen LogP contribution is -1.98. The highest BCUT2D eigenvalue weighted by molar-refractivity contribution is 5.54. The van der Waals surface area contributed by atoms with E-state index in [9.17, 15) is 0 Å². The van der Waals surface area contributed by atoms with Gasteiger partial charge < -0.3 is 15.2 Å². The molecule has 0 unspecified atom stereocenters. The predicted octanol–water partition coefficient (Wildman–Crippen LogP) is 2.59. The van der Waals surface area contributed by atoms with Crippen molar-refractivity contribution in [1.29, 1.82) is 0 Å². The molecule has 1 aromatic carbocycles. The van der Waals surface area contributed by atoms with Crippen molar-refractivity contribution in [3.05, 3.63) is 23.8 Å². The number of nitrogen functional groups attached to an aromatic ring is 1. The average Bonchev–Trinajstić information content (AvgIpc) is 2.25. The molecule has 0 saturated carbocycles. The number of ether oxygens (including phenoxy) is 2. The summed E-state index contributed by atoms with van der Waals surface area (Å²) >= 11 is 0. The lowest BCUT2D eigenvalue weighted by atomic mass is 10.2. The summed E-state index contributed by atoms with van der Waals surface area (Å²) in [6.45, 7) is 3.57. The van der Waals surface area contributed by atoms with Gasteiger partial charge in [-0.05, 0) is 24.1 Å². The zero-order valence-electron chi connectivity index (χ0n) is 9.45. The van der Waals surface area contributed by atoms with E-state index in [1.165, 1.54) is 0 Å². The number of anilines is 1. The summed E-state index contributed by atoms with van der Waals surface area (Å²) in [7, 11) is 1.61. The normalized spacial score (nSPS) is 10.3. The van der Waals surface area contributed by atoms with Crippen LogP contribution in [0.5, 0.6) is 5.75 Å². The van der Waals surface area contributed by atoms with Crippen molar-refractivity contribution in [2.75, 3.05) is 19.5 Å². The second kappa shape index (κ2) is 6.30. The Morgan fingerprint density at radius 1 is 1.33 bits per heavy atom. The van der Waals surface area contributed by atoms with Gasteiger partial charge in [-0.1, -0.05) is 19.4 Å². The molecule has 15 heavy (non-hydrogen) atoms. The van der Waals surface area contributed by atoms with E-state index in [1.807, 2.05) is 18.2 Å². The van der Waals surface area contributed by atoms with Crippen LogP contribution in [0.1, 0.15) is 25.3 Å². The molecule has 1 aromatic rings. The number of benzene rings is 1. The first-order valence-electron chi connectivity index (χ1n) is 5.28. The van der Waals surface area contributed by atoms with Crippen molar-refractivity contribution in [3.63, 3.8) is 0 Å². The van der Waals surface area contributed by atoms with Crippen LogP contribution in [0.15, 0.2) is 18.2 Å². The molecule has 3 heteroatoms. The van der Waals surface area contributed by atoms with Gasteiger partial charge in [0, 0.05) is 6.61 Å². The summed E-state index contributed by atoms with van der Waals surface area (Å²) in [5, 5.41) is 0. The van der Waals surface area contributed by atoms with Gasteiger partial charge in [0.1, 0.15) is 5.75 Å². The lowest BCUT2D eigenvalue weighted by molar-refractivity contribution is 0.118. The van der Waals surface area contributed by atoms with Gasteiger partial charge >= 0.3 is 0 Å². The maximum absolute atomic E-state index is 5.78. The molecule has 0 bridgehead atoms. The Balaban J connectivity index is 2.45. The summed E-state index contributed by atoms with van der Waals surface area (Å²) in [5.41, 5.74) is 7.53. The van der Waals surface area contributed by atoms with Crippen molar-refractivity contribution in [2.24, 2.45) is 0 Å². The van der Waals surface area contributed by atoms with E-state index in [0.717, 1.165) is 25.0 Å². The van der Waals surface area contributed by atoms with Crippen LogP contribution in [0.4, 0.5) is 5.69 Å². The van der Waals surface area contributed by atoms with Gasteiger partial charge in [0.05, 0.1) is 19.4 Å². The Hall–Kier alpha value is -1.22. The molecule has 0 aliphatic rings. The number of unbranched alkanes of at least 4 members (excludes halogenated alkanes) is 1. The zero-order valence-corrected chi connectivity index (χ0v) is 9.45. The van der Waals surface area contributed by atoms with Crippen LogP contribution in [0.25, 0.3) is 0 Å². The van der Waals surface area contributed by atoms with Crippen LogP contribution in [0, 0.1) is 0 Å². The molecule has 1 rings (SSSR count). The van der Waals surface area contributed by atoms with E-state index >= 15 is 0 Å². The fourth-order valence-electron chi connectivity index (χ4n) is 1.31. The maximum Gasteiger partial charge on any atom is 0.141 e. The largest absolute Gasteiger partial charge is 0.495 e. The van der Waals surface area contributed by atoms with Gasteiger partial charge in [-0.25, -0.2) is 0 Å². The van der Waals surface area contributed by atoms with Crippen molar-refractivity contribution in [3.8, 4) is 5.75 Å². The Morgan fingerprint density at radius 3 is 2.73 bits per heavy atom. The monoisotopic (exact) mass is 209 g/mol. The third kappa shape index (κ3) is 3.80. The topological polar surface area (TPSA) is 44.5 Å². The molecule has 2 N–H and O–H groups in total. The highest BCUT2D eigenvalue weighted by Gasteiger charge is 2.00. The van der Waals surface area contributed by atoms with Crippen LogP contribution in [-0.4, -0.2) is 13.7 Å². The SMILES string of the molecule is CCCCOCc1ccc(OC)c(N)c1. The number of hydrogen-bond donors (Lipinski definition) is 1.